The van der Waals surface area contributed by atoms with E-state index < -0.39 is 0 Å². The molecule has 2 aromatic rings. The van der Waals surface area contributed by atoms with Crippen LogP contribution in [0.15, 0.2) is 24.3 Å². The SMILES string of the molecule is CC(NC1CCN2CCCC12)c1nc2ccccc2n1C. The van der Waals surface area contributed by atoms with Crippen molar-refractivity contribution >= 4 is 11.0 Å². The zero-order valence-corrected chi connectivity index (χ0v) is 12.9. The Morgan fingerprint density at radius 2 is 2.10 bits per heavy atom. The number of rotatable bonds is 3. The van der Waals surface area contributed by atoms with Crippen LogP contribution < -0.4 is 5.32 Å². The van der Waals surface area contributed by atoms with Gasteiger partial charge in [-0.3, -0.25) is 4.90 Å². The van der Waals surface area contributed by atoms with Crippen LogP contribution in [0.25, 0.3) is 11.0 Å². The van der Waals surface area contributed by atoms with Gasteiger partial charge in [0.05, 0.1) is 17.1 Å². The molecule has 4 heteroatoms. The summed E-state index contributed by atoms with van der Waals surface area (Å²) in [5.41, 5.74) is 2.31. The fourth-order valence-corrected chi connectivity index (χ4v) is 4.22. The number of nitrogens with zero attached hydrogens (tertiary/aromatic N) is 3. The van der Waals surface area contributed by atoms with Gasteiger partial charge in [-0.1, -0.05) is 12.1 Å². The van der Waals surface area contributed by atoms with Crippen molar-refractivity contribution in [2.45, 2.75) is 44.3 Å². The van der Waals surface area contributed by atoms with Gasteiger partial charge in [0, 0.05) is 25.7 Å². The Bertz CT molecular complexity index is 647. The molecule has 0 radical (unpaired) electrons. The van der Waals surface area contributed by atoms with Crippen LogP contribution in [-0.2, 0) is 7.05 Å². The highest BCUT2D eigenvalue weighted by Gasteiger charge is 2.37. The number of hydrogen-bond acceptors (Lipinski definition) is 3. The molecular formula is C17H24N4. The second kappa shape index (κ2) is 5.11. The highest BCUT2D eigenvalue weighted by molar-refractivity contribution is 5.75. The third kappa shape index (κ3) is 2.17. The maximum atomic E-state index is 4.83. The van der Waals surface area contributed by atoms with Crippen LogP contribution in [0, 0.1) is 0 Å². The molecule has 0 aliphatic carbocycles. The molecule has 3 heterocycles. The van der Waals surface area contributed by atoms with E-state index in [1.54, 1.807) is 0 Å². The van der Waals surface area contributed by atoms with Crippen LogP contribution in [0.2, 0.25) is 0 Å². The Morgan fingerprint density at radius 1 is 1.24 bits per heavy atom. The lowest BCUT2D eigenvalue weighted by Crippen LogP contribution is -2.40. The Hall–Kier alpha value is -1.39. The topological polar surface area (TPSA) is 33.1 Å². The molecule has 1 aromatic carbocycles. The van der Waals surface area contributed by atoms with E-state index in [0.717, 1.165) is 17.4 Å². The number of aryl methyl sites for hydroxylation is 1. The maximum absolute atomic E-state index is 4.83. The van der Waals surface area contributed by atoms with Gasteiger partial charge in [0.15, 0.2) is 0 Å². The molecule has 0 spiro atoms. The largest absolute Gasteiger partial charge is 0.330 e. The molecule has 0 amide bonds. The minimum Gasteiger partial charge on any atom is -0.330 e. The predicted molar refractivity (Wildman–Crippen MR) is 85.3 cm³/mol. The average Bonchev–Trinajstić information content (AvgIpc) is 3.16. The molecule has 2 aliphatic rings. The molecule has 2 saturated heterocycles. The summed E-state index contributed by atoms with van der Waals surface area (Å²) in [4.78, 5) is 7.48. The quantitative estimate of drug-likeness (QED) is 0.940. The number of fused-ring (bicyclic) bond motifs is 2. The first-order chi connectivity index (χ1) is 10.2. The summed E-state index contributed by atoms with van der Waals surface area (Å²) >= 11 is 0. The Balaban J connectivity index is 1.56. The lowest BCUT2D eigenvalue weighted by atomic mass is 10.1. The van der Waals surface area contributed by atoms with Gasteiger partial charge in [-0.2, -0.15) is 0 Å². The predicted octanol–water partition coefficient (Wildman–Crippen LogP) is 2.46. The summed E-state index contributed by atoms with van der Waals surface area (Å²) in [5, 5.41) is 3.84. The molecule has 3 unspecified atom stereocenters. The molecular weight excluding hydrogens is 260 g/mol. The van der Waals surface area contributed by atoms with Gasteiger partial charge in [-0.05, 0) is 44.9 Å². The van der Waals surface area contributed by atoms with Crippen LogP contribution in [0.5, 0.6) is 0 Å². The van der Waals surface area contributed by atoms with Crippen molar-refractivity contribution in [3.05, 3.63) is 30.1 Å². The van der Waals surface area contributed by atoms with E-state index in [9.17, 15) is 0 Å². The van der Waals surface area contributed by atoms with E-state index >= 15 is 0 Å². The molecule has 2 fully saturated rings. The van der Waals surface area contributed by atoms with Gasteiger partial charge in [-0.15, -0.1) is 0 Å². The van der Waals surface area contributed by atoms with E-state index in [4.69, 9.17) is 4.98 Å². The van der Waals surface area contributed by atoms with Crippen LogP contribution in [0.1, 0.15) is 38.1 Å². The Kier molecular flexibility index (Phi) is 3.23. The fourth-order valence-electron chi connectivity index (χ4n) is 4.22. The lowest BCUT2D eigenvalue weighted by molar-refractivity contribution is 0.289. The molecule has 1 aromatic heterocycles. The smallest absolute Gasteiger partial charge is 0.126 e. The number of aromatic nitrogens is 2. The zero-order chi connectivity index (χ0) is 14.4. The summed E-state index contributed by atoms with van der Waals surface area (Å²) in [6, 6.07) is 10.1. The summed E-state index contributed by atoms with van der Waals surface area (Å²) in [6.07, 6.45) is 4.00. The average molecular weight is 284 g/mol. The third-order valence-corrected chi connectivity index (χ3v) is 5.28. The van der Waals surface area contributed by atoms with Gasteiger partial charge in [0.1, 0.15) is 5.82 Å². The highest BCUT2D eigenvalue weighted by Crippen LogP contribution is 2.29. The van der Waals surface area contributed by atoms with Crippen molar-refractivity contribution in [3.63, 3.8) is 0 Å². The first-order valence-corrected chi connectivity index (χ1v) is 8.15. The molecule has 0 bridgehead atoms. The summed E-state index contributed by atoms with van der Waals surface area (Å²) in [6.45, 7) is 4.81. The van der Waals surface area contributed by atoms with Gasteiger partial charge in [0.25, 0.3) is 0 Å². The molecule has 0 saturated carbocycles. The third-order valence-electron chi connectivity index (χ3n) is 5.28. The van der Waals surface area contributed by atoms with Gasteiger partial charge < -0.3 is 9.88 Å². The second-order valence-electron chi connectivity index (χ2n) is 6.55. The molecule has 4 rings (SSSR count). The summed E-state index contributed by atoms with van der Waals surface area (Å²) in [7, 11) is 2.12. The van der Waals surface area contributed by atoms with E-state index in [2.05, 4.69) is 53.0 Å². The van der Waals surface area contributed by atoms with Crippen LogP contribution in [0.4, 0.5) is 0 Å². The van der Waals surface area contributed by atoms with Crippen molar-refractivity contribution in [1.82, 2.24) is 19.8 Å². The lowest BCUT2D eigenvalue weighted by Gasteiger charge is -2.24. The first kappa shape index (κ1) is 13.3. The van der Waals surface area contributed by atoms with Gasteiger partial charge >= 0.3 is 0 Å². The van der Waals surface area contributed by atoms with E-state index in [-0.39, 0.29) is 0 Å². The first-order valence-electron chi connectivity index (χ1n) is 8.15. The van der Waals surface area contributed by atoms with Crippen molar-refractivity contribution in [1.29, 1.82) is 0 Å². The van der Waals surface area contributed by atoms with E-state index in [1.165, 1.54) is 37.9 Å². The zero-order valence-electron chi connectivity index (χ0n) is 12.9. The maximum Gasteiger partial charge on any atom is 0.126 e. The van der Waals surface area contributed by atoms with Crippen molar-refractivity contribution in [3.8, 4) is 0 Å². The normalized spacial score (nSPS) is 27.3. The monoisotopic (exact) mass is 284 g/mol. The Labute approximate surface area is 126 Å². The minimum absolute atomic E-state index is 0.299. The number of benzene rings is 1. The van der Waals surface area contributed by atoms with Crippen LogP contribution in [-0.4, -0.2) is 39.6 Å². The molecule has 21 heavy (non-hydrogen) atoms. The number of para-hydroxylation sites is 2. The fraction of sp³-hybridized carbons (Fsp3) is 0.588. The van der Waals surface area contributed by atoms with Crippen molar-refractivity contribution < 1.29 is 0 Å². The van der Waals surface area contributed by atoms with E-state index in [0.29, 0.717) is 12.1 Å². The highest BCUT2D eigenvalue weighted by atomic mass is 15.2. The summed E-state index contributed by atoms with van der Waals surface area (Å²) < 4.78 is 2.23. The second-order valence-corrected chi connectivity index (χ2v) is 6.55. The van der Waals surface area contributed by atoms with Crippen molar-refractivity contribution in [2.24, 2.45) is 7.05 Å². The minimum atomic E-state index is 0.299. The van der Waals surface area contributed by atoms with Crippen molar-refractivity contribution in [2.75, 3.05) is 13.1 Å². The molecule has 1 N–H and O–H groups in total. The number of imidazole rings is 1. The Morgan fingerprint density at radius 3 is 2.95 bits per heavy atom. The molecule has 4 nitrogen and oxygen atoms in total. The standard InChI is InChI=1S/C17H24N4/c1-12(18-14-9-11-21-10-5-8-16(14)21)17-19-13-6-3-4-7-15(13)20(17)2/h3-4,6-7,12,14,16,18H,5,8-11H2,1-2H3. The number of hydrogen-bond donors (Lipinski definition) is 1. The van der Waals surface area contributed by atoms with Gasteiger partial charge in [-0.25, -0.2) is 4.98 Å². The van der Waals surface area contributed by atoms with Gasteiger partial charge in [0.2, 0.25) is 0 Å². The number of nitrogens with one attached hydrogen (secondary N) is 1. The van der Waals surface area contributed by atoms with E-state index in [1.807, 2.05) is 0 Å². The van der Waals surface area contributed by atoms with Crippen LogP contribution in [0.3, 0.4) is 0 Å². The molecule has 3 atom stereocenters. The van der Waals surface area contributed by atoms with Crippen LogP contribution >= 0.6 is 0 Å². The summed E-state index contributed by atoms with van der Waals surface area (Å²) in [5.74, 6) is 1.15. The molecule has 112 valence electrons. The molecule has 2 aliphatic heterocycles.